The van der Waals surface area contributed by atoms with Crippen LogP contribution >= 0.6 is 0 Å². The minimum atomic E-state index is -0.339. The maximum absolute atomic E-state index is 6.09. The van der Waals surface area contributed by atoms with E-state index in [4.69, 9.17) is 16.2 Å². The number of aromatic amines is 1. The van der Waals surface area contributed by atoms with E-state index in [0.29, 0.717) is 12.3 Å². The van der Waals surface area contributed by atoms with E-state index in [1.54, 1.807) is 31.7 Å². The summed E-state index contributed by atoms with van der Waals surface area (Å²) >= 11 is 0. The third kappa shape index (κ3) is 4.93. The molecule has 0 saturated heterocycles. The standard InChI is InChI=1S/C25H29N9/c1-4-17(13-15(2)26)22-20(23(32-31-22)18-5-9-28-10-6-18)14-21-24(19-7-11-29-12-8-19)33-34-25(21)30-16(3)27/h5-12,14,21,25-26,31,34H,4,13H2,1-3H3,(H2,27,30)/p+1/b20-14+,22-17-,26-15?. The second kappa shape index (κ2) is 10.2. The highest BCUT2D eigenvalue weighted by molar-refractivity contribution is 6.06. The van der Waals surface area contributed by atoms with Gasteiger partial charge in [0.2, 0.25) is 0 Å². The van der Waals surface area contributed by atoms with Crippen molar-refractivity contribution in [2.45, 2.75) is 39.8 Å². The minimum Gasteiger partial charge on any atom is -0.388 e. The Labute approximate surface area is 198 Å². The van der Waals surface area contributed by atoms with Crippen LogP contribution in [0.3, 0.4) is 0 Å². The Kier molecular flexibility index (Phi) is 6.91. The molecule has 0 aliphatic carbocycles. The Morgan fingerprint density at radius 2 is 1.74 bits per heavy atom. The van der Waals surface area contributed by atoms with Gasteiger partial charge in [0, 0.05) is 48.1 Å². The Morgan fingerprint density at radius 1 is 1.09 bits per heavy atom. The molecule has 3 aromatic rings. The van der Waals surface area contributed by atoms with Gasteiger partial charge in [0.15, 0.2) is 0 Å². The molecule has 9 heteroatoms. The van der Waals surface area contributed by atoms with Crippen molar-refractivity contribution in [1.29, 1.82) is 0 Å². The SMILES string of the molecule is CC/C(CC(C)=[NH2+])=c1/[nH]nc(-c2ccncc2)/c1=C/C1C(c2ccncc2)=NNC1/N=C(/C)N. The van der Waals surface area contributed by atoms with E-state index in [2.05, 4.69) is 43.6 Å². The van der Waals surface area contributed by atoms with E-state index in [9.17, 15) is 0 Å². The van der Waals surface area contributed by atoms with Gasteiger partial charge in [-0.2, -0.15) is 10.2 Å². The summed E-state index contributed by atoms with van der Waals surface area (Å²) < 4.78 is 0. The van der Waals surface area contributed by atoms with Gasteiger partial charge in [-0.1, -0.05) is 13.0 Å². The molecule has 9 nitrogen and oxygen atoms in total. The third-order valence-corrected chi connectivity index (χ3v) is 5.67. The van der Waals surface area contributed by atoms with Crippen LogP contribution in [0.15, 0.2) is 59.1 Å². The first-order chi connectivity index (χ1) is 16.5. The molecule has 0 spiro atoms. The van der Waals surface area contributed by atoms with Gasteiger partial charge in [0.1, 0.15) is 11.9 Å². The van der Waals surface area contributed by atoms with E-state index < -0.39 is 0 Å². The molecule has 0 bridgehead atoms. The fourth-order valence-electron chi connectivity index (χ4n) is 4.14. The normalized spacial score (nSPS) is 19.6. The van der Waals surface area contributed by atoms with Crippen LogP contribution < -0.4 is 27.1 Å². The number of amidine groups is 1. The fraction of sp³-hybridized carbons (Fsp3) is 0.280. The number of aliphatic imine (C=N–C) groups is 1. The highest BCUT2D eigenvalue weighted by Crippen LogP contribution is 2.22. The molecular weight excluding hydrogens is 426 g/mol. The van der Waals surface area contributed by atoms with Crippen LogP contribution in [0.25, 0.3) is 22.9 Å². The van der Waals surface area contributed by atoms with E-state index in [1.807, 2.05) is 31.2 Å². The third-order valence-electron chi connectivity index (χ3n) is 5.67. The number of nitrogens with two attached hydrogens (primary N) is 2. The van der Waals surface area contributed by atoms with Crippen molar-refractivity contribution in [1.82, 2.24) is 25.6 Å². The van der Waals surface area contributed by atoms with Crippen molar-refractivity contribution >= 4 is 28.9 Å². The van der Waals surface area contributed by atoms with Crippen LogP contribution in [0, 0.1) is 5.92 Å². The number of aromatic nitrogens is 4. The van der Waals surface area contributed by atoms with E-state index in [1.165, 1.54) is 5.57 Å². The Morgan fingerprint density at radius 3 is 2.32 bits per heavy atom. The first-order valence-corrected chi connectivity index (χ1v) is 11.3. The quantitative estimate of drug-likeness (QED) is 0.296. The Balaban J connectivity index is 1.98. The first-order valence-electron chi connectivity index (χ1n) is 11.3. The smallest absolute Gasteiger partial charge is 0.150 e. The zero-order chi connectivity index (χ0) is 24.1. The molecule has 0 saturated carbocycles. The van der Waals surface area contributed by atoms with Crippen molar-refractivity contribution in [3.8, 4) is 11.3 Å². The Bertz CT molecular complexity index is 1330. The maximum Gasteiger partial charge on any atom is 0.150 e. The zero-order valence-electron chi connectivity index (χ0n) is 19.7. The highest BCUT2D eigenvalue weighted by Gasteiger charge is 2.31. The number of nitrogens with one attached hydrogen (secondary N) is 2. The predicted molar refractivity (Wildman–Crippen MR) is 135 cm³/mol. The molecule has 0 amide bonds. The summed E-state index contributed by atoms with van der Waals surface area (Å²) in [5, 5.41) is 20.6. The monoisotopic (exact) mass is 456 g/mol. The van der Waals surface area contributed by atoms with Crippen molar-refractivity contribution < 1.29 is 5.41 Å². The molecule has 0 aromatic carbocycles. The molecule has 0 radical (unpaired) electrons. The van der Waals surface area contributed by atoms with Gasteiger partial charge in [-0.15, -0.1) is 0 Å². The van der Waals surface area contributed by atoms with Gasteiger partial charge in [-0.3, -0.25) is 25.9 Å². The van der Waals surface area contributed by atoms with Crippen molar-refractivity contribution in [2.24, 2.45) is 21.7 Å². The first kappa shape index (κ1) is 23.0. The van der Waals surface area contributed by atoms with E-state index >= 15 is 0 Å². The summed E-state index contributed by atoms with van der Waals surface area (Å²) in [6.45, 7) is 5.83. The lowest BCUT2D eigenvalue weighted by atomic mass is 9.93. The van der Waals surface area contributed by atoms with Crippen molar-refractivity contribution in [3.05, 3.63) is 65.2 Å². The summed E-state index contributed by atoms with van der Waals surface area (Å²) in [6, 6.07) is 7.79. The molecule has 0 fully saturated rings. The fourth-order valence-corrected chi connectivity index (χ4v) is 4.14. The van der Waals surface area contributed by atoms with Crippen molar-refractivity contribution in [3.63, 3.8) is 0 Å². The van der Waals surface area contributed by atoms with Gasteiger partial charge < -0.3 is 5.73 Å². The number of rotatable bonds is 7. The second-order valence-corrected chi connectivity index (χ2v) is 8.35. The van der Waals surface area contributed by atoms with Crippen LogP contribution in [0.1, 0.15) is 39.2 Å². The lowest BCUT2D eigenvalue weighted by molar-refractivity contribution is -0.116. The molecule has 34 heavy (non-hydrogen) atoms. The molecule has 2 atom stereocenters. The van der Waals surface area contributed by atoms with Crippen LogP contribution in [0.4, 0.5) is 0 Å². The summed E-state index contributed by atoms with van der Waals surface area (Å²) in [7, 11) is 0. The van der Waals surface area contributed by atoms with Crippen molar-refractivity contribution in [2.75, 3.05) is 0 Å². The second-order valence-electron chi connectivity index (χ2n) is 8.35. The van der Waals surface area contributed by atoms with Gasteiger partial charge >= 0.3 is 0 Å². The zero-order valence-corrected chi connectivity index (χ0v) is 19.7. The molecule has 174 valence electrons. The number of hydrazone groups is 1. The summed E-state index contributed by atoms with van der Waals surface area (Å²) in [5.74, 6) is 0.303. The average molecular weight is 457 g/mol. The molecule has 6 N–H and O–H groups in total. The predicted octanol–water partition coefficient (Wildman–Crippen LogP) is 0.145. The summed E-state index contributed by atoms with van der Waals surface area (Å²) in [6.07, 6.45) is 10.4. The number of hydrogen-bond donors (Lipinski definition) is 4. The number of hydrogen-bond acceptors (Lipinski definition) is 6. The highest BCUT2D eigenvalue weighted by atomic mass is 15.4. The van der Waals surface area contributed by atoms with E-state index in [-0.39, 0.29) is 12.1 Å². The topological polar surface area (TPSA) is 143 Å². The average Bonchev–Trinajstić information content (AvgIpc) is 3.43. The minimum absolute atomic E-state index is 0.182. The molecule has 3 aromatic heterocycles. The van der Waals surface area contributed by atoms with Gasteiger partial charge in [-0.25, -0.2) is 4.99 Å². The van der Waals surface area contributed by atoms with Gasteiger partial charge in [-0.05, 0) is 43.2 Å². The van der Waals surface area contributed by atoms with Crippen LogP contribution in [0.5, 0.6) is 0 Å². The largest absolute Gasteiger partial charge is 0.388 e. The molecule has 1 aliphatic rings. The molecule has 4 rings (SSSR count). The van der Waals surface area contributed by atoms with Gasteiger partial charge in [0.05, 0.1) is 34.9 Å². The van der Waals surface area contributed by atoms with Crippen LogP contribution in [0.2, 0.25) is 0 Å². The van der Waals surface area contributed by atoms with Crippen LogP contribution in [-0.2, 0) is 0 Å². The molecular formula is C25H30N9+. The lowest BCUT2D eigenvalue weighted by Crippen LogP contribution is -2.39. The van der Waals surface area contributed by atoms with E-state index in [0.717, 1.165) is 45.2 Å². The number of H-pyrrole nitrogens is 1. The molecule has 1 aliphatic heterocycles. The molecule has 2 unspecified atom stereocenters. The van der Waals surface area contributed by atoms with Gasteiger partial charge in [0.25, 0.3) is 0 Å². The number of nitrogens with zero attached hydrogens (tertiary/aromatic N) is 5. The molecule has 4 heterocycles. The maximum atomic E-state index is 6.09. The Hall–Kier alpha value is -4.14. The summed E-state index contributed by atoms with van der Waals surface area (Å²) in [5.41, 5.74) is 14.8. The summed E-state index contributed by atoms with van der Waals surface area (Å²) in [4.78, 5) is 12.9. The van der Waals surface area contributed by atoms with Crippen LogP contribution in [-0.4, -0.2) is 43.6 Å². The lowest BCUT2D eigenvalue weighted by Gasteiger charge is -2.14. The number of pyridine rings is 2.